The lowest BCUT2D eigenvalue weighted by Crippen LogP contribution is -2.12. The van der Waals surface area contributed by atoms with Crippen molar-refractivity contribution in [2.75, 3.05) is 11.9 Å². The number of anilines is 1. The first kappa shape index (κ1) is 20.9. The molecular formula is C20H22Cl3NO2. The van der Waals surface area contributed by atoms with E-state index in [1.807, 2.05) is 0 Å². The molecule has 0 radical (unpaired) electrons. The summed E-state index contributed by atoms with van der Waals surface area (Å²) in [7, 11) is 0. The van der Waals surface area contributed by atoms with E-state index in [0.29, 0.717) is 38.7 Å². The zero-order chi connectivity index (χ0) is 18.9. The van der Waals surface area contributed by atoms with Crippen LogP contribution in [0.1, 0.15) is 49.4 Å². The van der Waals surface area contributed by atoms with Gasteiger partial charge in [0.1, 0.15) is 0 Å². The van der Waals surface area contributed by atoms with Gasteiger partial charge in [0.25, 0.3) is 5.91 Å². The van der Waals surface area contributed by atoms with Gasteiger partial charge in [-0.2, -0.15) is 0 Å². The molecule has 6 heteroatoms. The minimum absolute atomic E-state index is 0.315. The summed E-state index contributed by atoms with van der Waals surface area (Å²) in [5, 5.41) is 3.83. The molecule has 0 spiro atoms. The smallest absolute Gasteiger partial charge is 0.255 e. The van der Waals surface area contributed by atoms with Crippen molar-refractivity contribution in [3.8, 4) is 5.75 Å². The molecule has 0 aliphatic heterocycles. The quantitative estimate of drug-likeness (QED) is 0.439. The summed E-state index contributed by atoms with van der Waals surface area (Å²) in [5.41, 5.74) is 0.869. The van der Waals surface area contributed by atoms with E-state index in [4.69, 9.17) is 39.5 Å². The number of rotatable bonds is 9. The Morgan fingerprint density at radius 3 is 2.27 bits per heavy atom. The summed E-state index contributed by atoms with van der Waals surface area (Å²) in [6, 6.07) is 10.1. The van der Waals surface area contributed by atoms with E-state index in [0.717, 1.165) is 12.8 Å². The molecular weight excluding hydrogens is 393 g/mol. The van der Waals surface area contributed by atoms with E-state index in [1.165, 1.54) is 19.3 Å². The molecule has 0 fully saturated rings. The number of halogens is 3. The van der Waals surface area contributed by atoms with Crippen LogP contribution in [0, 0.1) is 0 Å². The molecule has 0 aliphatic carbocycles. The first-order chi connectivity index (χ1) is 12.5. The Kier molecular flexibility index (Phi) is 8.56. The molecule has 0 unspecified atom stereocenters. The number of unbranched alkanes of at least 4 members (excludes halogenated alkanes) is 4. The van der Waals surface area contributed by atoms with Gasteiger partial charge in [-0.25, -0.2) is 0 Å². The average Bonchev–Trinajstić information content (AvgIpc) is 2.61. The number of hydrogen-bond donors (Lipinski definition) is 1. The van der Waals surface area contributed by atoms with Crippen LogP contribution in [0.5, 0.6) is 5.75 Å². The number of nitrogens with one attached hydrogen (secondary N) is 1. The van der Waals surface area contributed by atoms with Crippen molar-refractivity contribution in [1.82, 2.24) is 0 Å². The van der Waals surface area contributed by atoms with Crippen LogP contribution in [-0.2, 0) is 0 Å². The highest BCUT2D eigenvalue weighted by molar-refractivity contribution is 6.38. The molecule has 2 rings (SSSR count). The Bertz CT molecular complexity index is 727. The minimum Gasteiger partial charge on any atom is -0.490 e. The van der Waals surface area contributed by atoms with Gasteiger partial charge >= 0.3 is 0 Å². The van der Waals surface area contributed by atoms with Crippen molar-refractivity contribution >= 4 is 46.4 Å². The average molecular weight is 415 g/mol. The second-order valence-electron chi connectivity index (χ2n) is 5.97. The highest BCUT2D eigenvalue weighted by Crippen LogP contribution is 2.35. The van der Waals surface area contributed by atoms with Gasteiger partial charge in [0.05, 0.1) is 27.4 Å². The Hall–Kier alpha value is -1.42. The highest BCUT2D eigenvalue weighted by atomic mass is 35.5. The molecule has 1 amide bonds. The van der Waals surface area contributed by atoms with Gasteiger partial charge in [0.2, 0.25) is 0 Å². The van der Waals surface area contributed by atoms with Crippen LogP contribution >= 0.6 is 34.8 Å². The van der Waals surface area contributed by atoms with Crippen LogP contribution < -0.4 is 10.1 Å². The molecule has 0 bridgehead atoms. The fraction of sp³-hybridized carbons (Fsp3) is 0.350. The van der Waals surface area contributed by atoms with Gasteiger partial charge in [-0.15, -0.1) is 0 Å². The van der Waals surface area contributed by atoms with E-state index >= 15 is 0 Å². The van der Waals surface area contributed by atoms with Crippen molar-refractivity contribution < 1.29 is 9.53 Å². The first-order valence-electron chi connectivity index (χ1n) is 8.70. The molecule has 0 aliphatic rings. The minimum atomic E-state index is -0.340. The third kappa shape index (κ3) is 6.08. The van der Waals surface area contributed by atoms with Crippen molar-refractivity contribution in [2.24, 2.45) is 0 Å². The molecule has 3 nitrogen and oxygen atoms in total. The second kappa shape index (κ2) is 10.7. The monoisotopic (exact) mass is 413 g/mol. The summed E-state index contributed by atoms with van der Waals surface area (Å²) < 4.78 is 5.70. The van der Waals surface area contributed by atoms with Gasteiger partial charge in [0.15, 0.2) is 5.75 Å². The van der Waals surface area contributed by atoms with Crippen molar-refractivity contribution in [1.29, 1.82) is 0 Å². The standard InChI is InChI=1S/C20H22Cl3NO2/c1-2-3-4-5-8-11-26-19-16(22)12-14(13-17(19)23)20(25)24-18-10-7-6-9-15(18)21/h6-7,9-10,12-13H,2-5,8,11H2,1H3,(H,24,25). The maximum atomic E-state index is 12.4. The van der Waals surface area contributed by atoms with E-state index in [1.54, 1.807) is 36.4 Å². The largest absolute Gasteiger partial charge is 0.490 e. The number of benzene rings is 2. The summed E-state index contributed by atoms with van der Waals surface area (Å²) >= 11 is 18.6. The van der Waals surface area contributed by atoms with Crippen LogP contribution in [0.3, 0.4) is 0 Å². The fourth-order valence-corrected chi connectivity index (χ4v) is 3.24. The predicted octanol–water partition coefficient (Wildman–Crippen LogP) is 7.25. The number of carbonyl (C=O) groups excluding carboxylic acids is 1. The Balaban J connectivity index is 1.99. The van der Waals surface area contributed by atoms with Gasteiger partial charge in [0, 0.05) is 5.56 Å². The van der Waals surface area contributed by atoms with E-state index in [9.17, 15) is 4.79 Å². The topological polar surface area (TPSA) is 38.3 Å². The maximum Gasteiger partial charge on any atom is 0.255 e. The number of amides is 1. The molecule has 0 heterocycles. The lowest BCUT2D eigenvalue weighted by molar-refractivity contribution is 0.102. The predicted molar refractivity (Wildman–Crippen MR) is 110 cm³/mol. The second-order valence-corrected chi connectivity index (χ2v) is 7.19. The molecule has 0 atom stereocenters. The molecule has 1 N–H and O–H groups in total. The zero-order valence-electron chi connectivity index (χ0n) is 14.7. The van der Waals surface area contributed by atoms with E-state index < -0.39 is 0 Å². The van der Waals surface area contributed by atoms with Gasteiger partial charge in [-0.1, -0.05) is 79.5 Å². The van der Waals surface area contributed by atoms with Crippen LogP contribution in [0.25, 0.3) is 0 Å². The lowest BCUT2D eigenvalue weighted by Gasteiger charge is -2.12. The highest BCUT2D eigenvalue weighted by Gasteiger charge is 2.15. The molecule has 2 aromatic carbocycles. The first-order valence-corrected chi connectivity index (χ1v) is 9.84. The van der Waals surface area contributed by atoms with Crippen LogP contribution in [0.2, 0.25) is 15.1 Å². The van der Waals surface area contributed by atoms with Gasteiger partial charge in [-0.05, 0) is 30.7 Å². The Morgan fingerprint density at radius 1 is 0.962 bits per heavy atom. The summed E-state index contributed by atoms with van der Waals surface area (Å²) in [6.07, 6.45) is 5.69. The summed E-state index contributed by atoms with van der Waals surface area (Å²) in [6.45, 7) is 2.73. The van der Waals surface area contributed by atoms with E-state index in [-0.39, 0.29) is 5.91 Å². The van der Waals surface area contributed by atoms with Crippen LogP contribution in [0.15, 0.2) is 36.4 Å². The number of para-hydroxylation sites is 1. The van der Waals surface area contributed by atoms with E-state index in [2.05, 4.69) is 12.2 Å². The molecule has 0 saturated heterocycles. The molecule has 26 heavy (non-hydrogen) atoms. The van der Waals surface area contributed by atoms with Crippen molar-refractivity contribution in [3.05, 3.63) is 57.0 Å². The van der Waals surface area contributed by atoms with Gasteiger partial charge in [-0.3, -0.25) is 4.79 Å². The molecule has 140 valence electrons. The number of carbonyl (C=O) groups is 1. The molecule has 0 aromatic heterocycles. The Labute approximate surface area is 169 Å². The molecule has 2 aromatic rings. The third-order valence-corrected chi connectivity index (χ3v) is 4.77. The van der Waals surface area contributed by atoms with Crippen molar-refractivity contribution in [3.63, 3.8) is 0 Å². The van der Waals surface area contributed by atoms with Crippen molar-refractivity contribution in [2.45, 2.75) is 39.0 Å². The normalized spacial score (nSPS) is 10.6. The maximum absolute atomic E-state index is 12.4. The molecule has 0 saturated carbocycles. The van der Waals surface area contributed by atoms with Crippen LogP contribution in [0.4, 0.5) is 5.69 Å². The Morgan fingerprint density at radius 2 is 1.62 bits per heavy atom. The third-order valence-electron chi connectivity index (χ3n) is 3.88. The number of ether oxygens (including phenoxy) is 1. The lowest BCUT2D eigenvalue weighted by atomic mass is 10.1. The van der Waals surface area contributed by atoms with Gasteiger partial charge < -0.3 is 10.1 Å². The SMILES string of the molecule is CCCCCCCOc1c(Cl)cc(C(=O)Nc2ccccc2Cl)cc1Cl. The van der Waals surface area contributed by atoms with Crippen LogP contribution in [-0.4, -0.2) is 12.5 Å². The number of hydrogen-bond acceptors (Lipinski definition) is 2. The zero-order valence-corrected chi connectivity index (χ0v) is 16.9. The summed E-state index contributed by atoms with van der Waals surface area (Å²) in [4.78, 5) is 12.4. The fourth-order valence-electron chi connectivity index (χ4n) is 2.47. The summed E-state index contributed by atoms with van der Waals surface area (Å²) in [5.74, 6) is 0.0751.